The van der Waals surface area contributed by atoms with Crippen molar-refractivity contribution in [2.75, 3.05) is 0 Å². The first-order valence-electron chi connectivity index (χ1n) is 5.14. The SMILES string of the molecule is [B]c1ccc(-c2nc3cc(Cl)ccc3o2)cc1. The van der Waals surface area contributed by atoms with Crippen LogP contribution in [0.15, 0.2) is 46.9 Å². The molecule has 4 heteroatoms. The molecule has 2 radical (unpaired) electrons. The minimum Gasteiger partial charge on any atom is -0.436 e. The fourth-order valence-corrected chi connectivity index (χ4v) is 1.82. The van der Waals surface area contributed by atoms with Gasteiger partial charge in [-0.2, -0.15) is 0 Å². The van der Waals surface area contributed by atoms with E-state index in [0.717, 1.165) is 16.7 Å². The van der Waals surface area contributed by atoms with E-state index in [-0.39, 0.29) is 0 Å². The van der Waals surface area contributed by atoms with Gasteiger partial charge in [0.2, 0.25) is 5.89 Å². The summed E-state index contributed by atoms with van der Waals surface area (Å²) in [6.45, 7) is 0. The molecule has 3 aromatic rings. The Kier molecular flexibility index (Phi) is 2.41. The van der Waals surface area contributed by atoms with Crippen molar-refractivity contribution in [1.82, 2.24) is 4.98 Å². The zero-order valence-electron chi connectivity index (χ0n) is 8.85. The van der Waals surface area contributed by atoms with Gasteiger partial charge in [0.25, 0.3) is 0 Å². The average Bonchev–Trinajstić information content (AvgIpc) is 2.72. The van der Waals surface area contributed by atoms with Crippen LogP contribution in [0.5, 0.6) is 0 Å². The van der Waals surface area contributed by atoms with Gasteiger partial charge in [-0.05, 0) is 18.2 Å². The van der Waals surface area contributed by atoms with Crippen molar-refractivity contribution in [2.45, 2.75) is 0 Å². The molecule has 0 N–H and O–H groups in total. The normalized spacial score (nSPS) is 10.9. The number of oxazole rings is 1. The van der Waals surface area contributed by atoms with E-state index in [1.165, 1.54) is 0 Å². The molecule has 1 heterocycles. The van der Waals surface area contributed by atoms with Crippen molar-refractivity contribution in [3.8, 4) is 11.5 Å². The van der Waals surface area contributed by atoms with Crippen LogP contribution in [0.3, 0.4) is 0 Å². The third kappa shape index (κ3) is 1.94. The lowest BCUT2D eigenvalue weighted by atomic mass is 9.95. The lowest BCUT2D eigenvalue weighted by Gasteiger charge is -1.95. The fraction of sp³-hybridized carbons (Fsp3) is 0. The maximum Gasteiger partial charge on any atom is 0.227 e. The van der Waals surface area contributed by atoms with E-state index in [1.807, 2.05) is 30.3 Å². The Hall–Kier alpha value is -1.74. The lowest BCUT2D eigenvalue weighted by molar-refractivity contribution is 0.620. The molecular formula is C13H7BClNO. The molecule has 0 fully saturated rings. The summed E-state index contributed by atoms with van der Waals surface area (Å²) in [6, 6.07) is 12.8. The van der Waals surface area contributed by atoms with Gasteiger partial charge in [-0.25, -0.2) is 4.98 Å². The Balaban J connectivity index is 2.14. The molecule has 3 rings (SSSR count). The molecule has 0 aliphatic heterocycles. The van der Waals surface area contributed by atoms with E-state index >= 15 is 0 Å². The van der Waals surface area contributed by atoms with Gasteiger partial charge in [0.1, 0.15) is 13.4 Å². The molecule has 0 amide bonds. The van der Waals surface area contributed by atoms with Gasteiger partial charge in [-0.15, -0.1) is 0 Å². The highest BCUT2D eigenvalue weighted by molar-refractivity contribution is 6.32. The van der Waals surface area contributed by atoms with Crippen LogP contribution in [-0.2, 0) is 0 Å². The number of aromatic nitrogens is 1. The van der Waals surface area contributed by atoms with Crippen LogP contribution in [0, 0.1) is 0 Å². The molecule has 0 saturated carbocycles. The highest BCUT2D eigenvalue weighted by Crippen LogP contribution is 2.25. The van der Waals surface area contributed by atoms with Crippen LogP contribution >= 0.6 is 11.6 Å². The zero-order valence-corrected chi connectivity index (χ0v) is 9.61. The quantitative estimate of drug-likeness (QED) is 0.610. The molecule has 0 spiro atoms. The van der Waals surface area contributed by atoms with Crippen LogP contribution in [0.25, 0.3) is 22.6 Å². The molecular weight excluding hydrogens is 232 g/mol. The number of nitrogens with zero attached hydrogens (tertiary/aromatic N) is 1. The van der Waals surface area contributed by atoms with Crippen LogP contribution in [-0.4, -0.2) is 12.8 Å². The summed E-state index contributed by atoms with van der Waals surface area (Å²) in [6.07, 6.45) is 0. The van der Waals surface area contributed by atoms with Crippen LogP contribution < -0.4 is 5.46 Å². The second-order valence-electron chi connectivity index (χ2n) is 3.75. The Labute approximate surface area is 105 Å². The summed E-state index contributed by atoms with van der Waals surface area (Å²) < 4.78 is 5.64. The van der Waals surface area contributed by atoms with Crippen molar-refractivity contribution >= 4 is 36.0 Å². The second-order valence-corrected chi connectivity index (χ2v) is 4.19. The Morgan fingerprint density at radius 1 is 1.06 bits per heavy atom. The Bertz CT molecular complexity index is 675. The summed E-state index contributed by atoms with van der Waals surface area (Å²) in [5.74, 6) is 0.572. The third-order valence-electron chi connectivity index (χ3n) is 2.51. The zero-order chi connectivity index (χ0) is 11.8. The van der Waals surface area contributed by atoms with Gasteiger partial charge in [0, 0.05) is 10.6 Å². The monoisotopic (exact) mass is 239 g/mol. The Morgan fingerprint density at radius 3 is 2.59 bits per heavy atom. The van der Waals surface area contributed by atoms with Gasteiger partial charge in [0.15, 0.2) is 5.58 Å². The number of hydrogen-bond acceptors (Lipinski definition) is 2. The van der Waals surface area contributed by atoms with Crippen molar-refractivity contribution in [1.29, 1.82) is 0 Å². The second kappa shape index (κ2) is 3.93. The highest BCUT2D eigenvalue weighted by Gasteiger charge is 2.07. The minimum absolute atomic E-state index is 0.572. The number of halogens is 1. The fourth-order valence-electron chi connectivity index (χ4n) is 1.65. The number of fused-ring (bicyclic) bond motifs is 1. The molecule has 2 aromatic carbocycles. The Morgan fingerprint density at radius 2 is 1.82 bits per heavy atom. The number of hydrogen-bond donors (Lipinski definition) is 0. The van der Waals surface area contributed by atoms with Crippen LogP contribution in [0.4, 0.5) is 0 Å². The molecule has 80 valence electrons. The van der Waals surface area contributed by atoms with Crippen molar-refractivity contribution < 1.29 is 4.42 Å². The minimum atomic E-state index is 0.572. The molecule has 0 bridgehead atoms. The first kappa shape index (κ1) is 10.4. The first-order chi connectivity index (χ1) is 8.22. The van der Waals surface area contributed by atoms with Crippen molar-refractivity contribution in [2.24, 2.45) is 0 Å². The van der Waals surface area contributed by atoms with Crippen molar-refractivity contribution in [3.05, 3.63) is 47.5 Å². The first-order valence-corrected chi connectivity index (χ1v) is 5.52. The lowest BCUT2D eigenvalue weighted by Crippen LogP contribution is -1.99. The van der Waals surface area contributed by atoms with Crippen LogP contribution in [0.1, 0.15) is 0 Å². The van der Waals surface area contributed by atoms with Gasteiger partial charge < -0.3 is 4.42 Å². The molecule has 17 heavy (non-hydrogen) atoms. The van der Waals surface area contributed by atoms with Gasteiger partial charge in [-0.1, -0.05) is 41.3 Å². The summed E-state index contributed by atoms with van der Waals surface area (Å²) in [5, 5.41) is 0.648. The summed E-state index contributed by atoms with van der Waals surface area (Å²) >= 11 is 5.90. The van der Waals surface area contributed by atoms with Gasteiger partial charge in [0.05, 0.1) is 0 Å². The van der Waals surface area contributed by atoms with Crippen LogP contribution in [0.2, 0.25) is 5.02 Å². The largest absolute Gasteiger partial charge is 0.436 e. The van der Waals surface area contributed by atoms with E-state index < -0.39 is 0 Å². The molecule has 0 saturated heterocycles. The molecule has 0 atom stereocenters. The summed E-state index contributed by atoms with van der Waals surface area (Å²) in [5.41, 5.74) is 3.09. The van der Waals surface area contributed by atoms with Gasteiger partial charge >= 0.3 is 0 Å². The van der Waals surface area contributed by atoms with E-state index in [1.54, 1.807) is 12.1 Å². The third-order valence-corrected chi connectivity index (χ3v) is 2.74. The topological polar surface area (TPSA) is 26.0 Å². The molecule has 0 unspecified atom stereocenters. The van der Waals surface area contributed by atoms with E-state index in [9.17, 15) is 0 Å². The standard InChI is InChI=1S/C13H7BClNO/c14-9-3-1-8(2-4-9)13-16-11-7-10(15)5-6-12(11)17-13/h1-7H. The van der Waals surface area contributed by atoms with Gasteiger partial charge in [-0.3, -0.25) is 0 Å². The predicted octanol–water partition coefficient (Wildman–Crippen LogP) is 2.94. The smallest absolute Gasteiger partial charge is 0.227 e. The van der Waals surface area contributed by atoms with Crippen molar-refractivity contribution in [3.63, 3.8) is 0 Å². The number of rotatable bonds is 1. The summed E-state index contributed by atoms with van der Waals surface area (Å²) in [4.78, 5) is 4.38. The highest BCUT2D eigenvalue weighted by atomic mass is 35.5. The van der Waals surface area contributed by atoms with E-state index in [2.05, 4.69) is 4.98 Å². The molecule has 0 aliphatic rings. The van der Waals surface area contributed by atoms with E-state index in [0.29, 0.717) is 16.4 Å². The molecule has 1 aromatic heterocycles. The molecule has 0 aliphatic carbocycles. The maximum absolute atomic E-state index is 5.90. The summed E-state index contributed by atoms with van der Waals surface area (Å²) in [7, 11) is 5.63. The van der Waals surface area contributed by atoms with E-state index in [4.69, 9.17) is 23.9 Å². The average molecular weight is 239 g/mol. The number of benzene rings is 2. The maximum atomic E-state index is 5.90. The predicted molar refractivity (Wildman–Crippen MR) is 69.8 cm³/mol. The molecule has 2 nitrogen and oxygen atoms in total.